The second-order valence-corrected chi connectivity index (χ2v) is 5.50. The smallest absolute Gasteiger partial charge is 0.231 e. The van der Waals surface area contributed by atoms with Crippen molar-refractivity contribution < 1.29 is 4.79 Å². The van der Waals surface area contributed by atoms with Gasteiger partial charge in [-0.05, 0) is 32.1 Å². The summed E-state index contributed by atoms with van der Waals surface area (Å²) in [4.78, 5) is 12.8. The van der Waals surface area contributed by atoms with Crippen LogP contribution in [-0.2, 0) is 4.79 Å². The summed E-state index contributed by atoms with van der Waals surface area (Å²) in [5.41, 5.74) is 5.17. The number of nitrogens with zero attached hydrogens (tertiary/aromatic N) is 1. The van der Waals surface area contributed by atoms with Crippen molar-refractivity contribution in [2.75, 3.05) is 19.3 Å². The average Bonchev–Trinajstić information content (AvgIpc) is 2.52. The largest absolute Gasteiger partial charge is 0.369 e. The van der Waals surface area contributed by atoms with Crippen molar-refractivity contribution in [3.05, 3.63) is 0 Å². The molecule has 1 saturated carbocycles. The molecule has 3 nitrogen and oxygen atoms in total. The third-order valence-electron chi connectivity index (χ3n) is 2.79. The van der Waals surface area contributed by atoms with Crippen LogP contribution in [-0.4, -0.2) is 41.4 Å². The summed E-state index contributed by atoms with van der Waals surface area (Å²) >= 11 is 2.04. The predicted octanol–water partition coefficient (Wildman–Crippen LogP) is 1.08. The van der Waals surface area contributed by atoms with Crippen molar-refractivity contribution in [1.82, 2.24) is 4.90 Å². The summed E-state index contributed by atoms with van der Waals surface area (Å²) in [7, 11) is 1.99. The number of amides is 1. The SMILES string of the molecule is CCS[C@@H]1CC[C@@H](N(C)CC(N)=O)C1. The first-order chi connectivity index (χ1) is 6.63. The highest BCUT2D eigenvalue weighted by atomic mass is 32.2. The Morgan fingerprint density at radius 1 is 1.57 bits per heavy atom. The lowest BCUT2D eigenvalue weighted by Gasteiger charge is -2.22. The summed E-state index contributed by atoms with van der Waals surface area (Å²) in [5, 5.41) is 0.792. The number of hydrogen-bond donors (Lipinski definition) is 1. The molecular weight excluding hydrogens is 196 g/mol. The number of likely N-dealkylation sites (N-methyl/N-ethyl adjacent to an activating group) is 1. The third kappa shape index (κ3) is 3.50. The molecule has 0 saturated heterocycles. The molecule has 0 aromatic rings. The van der Waals surface area contributed by atoms with Crippen LogP contribution in [0.15, 0.2) is 0 Å². The van der Waals surface area contributed by atoms with Gasteiger partial charge in [-0.1, -0.05) is 6.92 Å². The molecule has 0 bridgehead atoms. The van der Waals surface area contributed by atoms with E-state index in [-0.39, 0.29) is 5.91 Å². The Hall–Kier alpha value is -0.220. The van der Waals surface area contributed by atoms with Crippen LogP contribution in [0, 0.1) is 0 Å². The minimum Gasteiger partial charge on any atom is -0.369 e. The second-order valence-electron chi connectivity index (χ2n) is 3.93. The van der Waals surface area contributed by atoms with Crippen LogP contribution >= 0.6 is 11.8 Å². The van der Waals surface area contributed by atoms with Gasteiger partial charge in [-0.3, -0.25) is 9.69 Å². The minimum atomic E-state index is -0.223. The Bertz CT molecular complexity index is 199. The summed E-state index contributed by atoms with van der Waals surface area (Å²) in [6.07, 6.45) is 3.70. The van der Waals surface area contributed by atoms with Gasteiger partial charge in [0.05, 0.1) is 6.54 Å². The van der Waals surface area contributed by atoms with E-state index in [0.717, 1.165) is 5.25 Å². The molecule has 0 radical (unpaired) electrons. The fourth-order valence-electron chi connectivity index (χ4n) is 2.08. The van der Waals surface area contributed by atoms with Crippen LogP contribution in [0.1, 0.15) is 26.2 Å². The average molecular weight is 216 g/mol. The Morgan fingerprint density at radius 3 is 2.86 bits per heavy atom. The molecular formula is C10H20N2OS. The summed E-state index contributed by atoms with van der Waals surface area (Å²) in [6.45, 7) is 2.60. The van der Waals surface area contributed by atoms with Gasteiger partial charge >= 0.3 is 0 Å². The van der Waals surface area contributed by atoms with Gasteiger partial charge in [-0.25, -0.2) is 0 Å². The van der Waals surface area contributed by atoms with Crippen molar-refractivity contribution in [2.24, 2.45) is 5.73 Å². The molecule has 14 heavy (non-hydrogen) atoms. The van der Waals surface area contributed by atoms with Crippen molar-refractivity contribution >= 4 is 17.7 Å². The van der Waals surface area contributed by atoms with Crippen LogP contribution in [0.3, 0.4) is 0 Å². The van der Waals surface area contributed by atoms with Crippen molar-refractivity contribution in [2.45, 2.75) is 37.5 Å². The first kappa shape index (κ1) is 11.9. The normalized spacial score (nSPS) is 27.1. The van der Waals surface area contributed by atoms with E-state index in [2.05, 4.69) is 11.8 Å². The maximum absolute atomic E-state index is 10.7. The maximum atomic E-state index is 10.7. The molecule has 2 atom stereocenters. The molecule has 1 fully saturated rings. The highest BCUT2D eigenvalue weighted by molar-refractivity contribution is 7.99. The fourth-order valence-corrected chi connectivity index (χ4v) is 3.21. The monoisotopic (exact) mass is 216 g/mol. The Labute approximate surface area is 90.4 Å². The van der Waals surface area contributed by atoms with Crippen molar-refractivity contribution in [1.29, 1.82) is 0 Å². The number of nitrogens with two attached hydrogens (primary N) is 1. The van der Waals surface area contributed by atoms with Gasteiger partial charge in [-0.2, -0.15) is 11.8 Å². The van der Waals surface area contributed by atoms with E-state index >= 15 is 0 Å². The lowest BCUT2D eigenvalue weighted by Crippen LogP contribution is -2.37. The highest BCUT2D eigenvalue weighted by Gasteiger charge is 2.27. The highest BCUT2D eigenvalue weighted by Crippen LogP contribution is 2.31. The number of carbonyl (C=O) groups excluding carboxylic acids is 1. The minimum absolute atomic E-state index is 0.223. The number of carbonyl (C=O) groups is 1. The molecule has 0 spiro atoms. The van der Waals surface area contributed by atoms with E-state index < -0.39 is 0 Å². The Kier molecular flexibility index (Phi) is 4.75. The molecule has 0 unspecified atom stereocenters. The van der Waals surface area contributed by atoms with Crippen LogP contribution < -0.4 is 5.73 Å². The Balaban J connectivity index is 2.30. The van der Waals surface area contributed by atoms with Crippen LogP contribution in [0.25, 0.3) is 0 Å². The zero-order valence-electron chi connectivity index (χ0n) is 9.03. The van der Waals surface area contributed by atoms with Gasteiger partial charge in [0.15, 0.2) is 0 Å². The molecule has 0 aromatic carbocycles. The van der Waals surface area contributed by atoms with E-state index in [0.29, 0.717) is 12.6 Å². The maximum Gasteiger partial charge on any atom is 0.231 e. The number of thioether (sulfide) groups is 1. The quantitative estimate of drug-likeness (QED) is 0.748. The zero-order valence-corrected chi connectivity index (χ0v) is 9.85. The zero-order chi connectivity index (χ0) is 10.6. The van der Waals surface area contributed by atoms with Crippen LogP contribution in [0.2, 0.25) is 0 Å². The van der Waals surface area contributed by atoms with E-state index in [4.69, 9.17) is 5.73 Å². The van der Waals surface area contributed by atoms with E-state index in [1.807, 2.05) is 18.8 Å². The molecule has 2 N–H and O–H groups in total. The molecule has 1 aliphatic rings. The van der Waals surface area contributed by atoms with Gasteiger partial charge < -0.3 is 5.73 Å². The Morgan fingerprint density at radius 2 is 2.29 bits per heavy atom. The molecule has 0 aromatic heterocycles. The van der Waals surface area contributed by atoms with Crippen LogP contribution in [0.4, 0.5) is 0 Å². The molecule has 82 valence electrons. The number of primary amides is 1. The lowest BCUT2D eigenvalue weighted by molar-refractivity contribution is -0.119. The van der Waals surface area contributed by atoms with E-state index in [1.165, 1.54) is 25.0 Å². The molecule has 1 rings (SSSR count). The summed E-state index contributed by atoms with van der Waals surface area (Å²) in [6, 6.07) is 0.562. The number of hydrogen-bond acceptors (Lipinski definition) is 3. The molecule has 4 heteroatoms. The third-order valence-corrected chi connectivity index (χ3v) is 4.02. The van der Waals surface area contributed by atoms with Gasteiger partial charge in [-0.15, -0.1) is 0 Å². The lowest BCUT2D eigenvalue weighted by atomic mass is 10.2. The van der Waals surface area contributed by atoms with Crippen LogP contribution in [0.5, 0.6) is 0 Å². The predicted molar refractivity (Wildman–Crippen MR) is 61.4 cm³/mol. The van der Waals surface area contributed by atoms with Crippen molar-refractivity contribution in [3.63, 3.8) is 0 Å². The molecule has 1 aliphatic carbocycles. The first-order valence-corrected chi connectivity index (χ1v) is 6.28. The van der Waals surface area contributed by atoms with Crippen molar-refractivity contribution in [3.8, 4) is 0 Å². The topological polar surface area (TPSA) is 46.3 Å². The van der Waals surface area contributed by atoms with E-state index in [9.17, 15) is 4.79 Å². The first-order valence-electron chi connectivity index (χ1n) is 5.23. The summed E-state index contributed by atoms with van der Waals surface area (Å²) in [5.74, 6) is 0.968. The standard InChI is InChI=1S/C10H20N2OS/c1-3-14-9-5-4-8(6-9)12(2)7-10(11)13/h8-9H,3-7H2,1-2H3,(H2,11,13)/t8-,9-/m1/s1. The molecule has 1 amide bonds. The fraction of sp³-hybridized carbons (Fsp3) is 0.900. The van der Waals surface area contributed by atoms with Gasteiger partial charge in [0.25, 0.3) is 0 Å². The summed E-state index contributed by atoms with van der Waals surface area (Å²) < 4.78 is 0. The van der Waals surface area contributed by atoms with E-state index in [1.54, 1.807) is 0 Å². The molecule has 0 heterocycles. The second kappa shape index (κ2) is 5.61. The number of rotatable bonds is 5. The van der Waals surface area contributed by atoms with Gasteiger partial charge in [0.1, 0.15) is 0 Å². The van der Waals surface area contributed by atoms with Gasteiger partial charge in [0.2, 0.25) is 5.91 Å². The van der Waals surface area contributed by atoms with Gasteiger partial charge in [0, 0.05) is 11.3 Å². The molecule has 0 aliphatic heterocycles.